The number of rotatable bonds is 5. The minimum absolute atomic E-state index is 0.143. The number of hydrogen-bond acceptors (Lipinski definition) is 2. The van der Waals surface area contributed by atoms with Gasteiger partial charge in [0.15, 0.2) is 0 Å². The first-order valence-corrected chi connectivity index (χ1v) is 8.27. The number of nitrogens with one attached hydrogen (secondary N) is 1. The van der Waals surface area contributed by atoms with E-state index in [2.05, 4.69) is 24.4 Å². The van der Waals surface area contributed by atoms with Crippen LogP contribution in [0.2, 0.25) is 0 Å². The van der Waals surface area contributed by atoms with Crippen molar-refractivity contribution in [1.82, 2.24) is 0 Å². The smallest absolute Gasteiger partial charge is 0.255 e. The molecule has 0 atom stereocenters. The molecule has 3 heteroatoms. The summed E-state index contributed by atoms with van der Waals surface area (Å²) in [5, 5.41) is 2.94. The number of ether oxygens (including phenoxy) is 1. The normalized spacial score (nSPS) is 10.3. The largest absolute Gasteiger partial charge is 0.489 e. The fourth-order valence-corrected chi connectivity index (χ4v) is 2.49. The molecule has 25 heavy (non-hydrogen) atoms. The molecular formula is C22H21NO2. The van der Waals surface area contributed by atoms with Crippen molar-refractivity contribution in [3.05, 3.63) is 95.1 Å². The van der Waals surface area contributed by atoms with E-state index in [1.165, 1.54) is 5.56 Å². The summed E-state index contributed by atoms with van der Waals surface area (Å²) < 4.78 is 5.82. The van der Waals surface area contributed by atoms with Crippen LogP contribution in [0.25, 0.3) is 0 Å². The minimum Gasteiger partial charge on any atom is -0.489 e. The minimum atomic E-state index is -0.143. The molecule has 3 rings (SSSR count). The summed E-state index contributed by atoms with van der Waals surface area (Å²) >= 11 is 0. The van der Waals surface area contributed by atoms with E-state index in [4.69, 9.17) is 4.74 Å². The van der Waals surface area contributed by atoms with E-state index >= 15 is 0 Å². The number of aryl methyl sites for hydroxylation is 2. The number of anilines is 1. The van der Waals surface area contributed by atoms with Gasteiger partial charge in [0.25, 0.3) is 5.91 Å². The van der Waals surface area contributed by atoms with Crippen LogP contribution in [-0.2, 0) is 6.61 Å². The average Bonchev–Trinajstić information content (AvgIpc) is 2.63. The lowest BCUT2D eigenvalue weighted by Crippen LogP contribution is -2.12. The Morgan fingerprint density at radius 3 is 2.44 bits per heavy atom. The molecule has 0 aliphatic carbocycles. The summed E-state index contributed by atoms with van der Waals surface area (Å²) in [7, 11) is 0. The summed E-state index contributed by atoms with van der Waals surface area (Å²) in [6, 6.07) is 23.2. The van der Waals surface area contributed by atoms with Gasteiger partial charge in [0, 0.05) is 11.3 Å². The third-order valence-electron chi connectivity index (χ3n) is 4.02. The summed E-state index contributed by atoms with van der Waals surface area (Å²) in [4.78, 5) is 12.5. The Morgan fingerprint density at radius 2 is 1.68 bits per heavy atom. The van der Waals surface area contributed by atoms with Crippen LogP contribution >= 0.6 is 0 Å². The van der Waals surface area contributed by atoms with Crippen molar-refractivity contribution in [2.24, 2.45) is 0 Å². The van der Waals surface area contributed by atoms with Crippen molar-refractivity contribution < 1.29 is 9.53 Å². The zero-order valence-corrected chi connectivity index (χ0v) is 14.5. The van der Waals surface area contributed by atoms with Gasteiger partial charge in [0.05, 0.1) is 0 Å². The van der Waals surface area contributed by atoms with Gasteiger partial charge in [-0.05, 0) is 49.2 Å². The summed E-state index contributed by atoms with van der Waals surface area (Å²) in [6.45, 7) is 4.50. The number of amides is 1. The summed E-state index contributed by atoms with van der Waals surface area (Å²) in [6.07, 6.45) is 0. The first kappa shape index (κ1) is 16.8. The molecule has 1 amide bonds. The molecule has 0 bridgehead atoms. The predicted molar refractivity (Wildman–Crippen MR) is 101 cm³/mol. The summed E-state index contributed by atoms with van der Waals surface area (Å²) in [5.41, 5.74) is 4.74. The Hall–Kier alpha value is -3.07. The number of para-hydroxylation sites is 1. The van der Waals surface area contributed by atoms with Crippen LogP contribution in [-0.4, -0.2) is 5.91 Å². The molecule has 1 N–H and O–H groups in total. The predicted octanol–water partition coefficient (Wildman–Crippen LogP) is 5.13. The van der Waals surface area contributed by atoms with Crippen LogP contribution in [0.1, 0.15) is 27.0 Å². The highest BCUT2D eigenvalue weighted by Gasteiger charge is 2.08. The van der Waals surface area contributed by atoms with Gasteiger partial charge in [-0.2, -0.15) is 0 Å². The molecule has 3 aromatic rings. The van der Waals surface area contributed by atoms with Crippen molar-refractivity contribution >= 4 is 11.6 Å². The van der Waals surface area contributed by atoms with E-state index in [0.29, 0.717) is 17.9 Å². The molecule has 0 saturated heterocycles. The van der Waals surface area contributed by atoms with E-state index < -0.39 is 0 Å². The number of carbonyl (C=O) groups excluding carboxylic acids is 1. The van der Waals surface area contributed by atoms with Gasteiger partial charge >= 0.3 is 0 Å². The first-order valence-electron chi connectivity index (χ1n) is 8.27. The quantitative estimate of drug-likeness (QED) is 0.703. The Morgan fingerprint density at radius 1 is 0.920 bits per heavy atom. The second-order valence-corrected chi connectivity index (χ2v) is 6.07. The molecule has 0 unspecified atom stereocenters. The van der Waals surface area contributed by atoms with Crippen molar-refractivity contribution in [3.8, 4) is 5.75 Å². The third-order valence-corrected chi connectivity index (χ3v) is 4.02. The van der Waals surface area contributed by atoms with Crippen molar-refractivity contribution in [2.75, 3.05) is 5.32 Å². The van der Waals surface area contributed by atoms with Crippen LogP contribution < -0.4 is 10.1 Å². The lowest BCUT2D eigenvalue weighted by molar-refractivity contribution is 0.102. The molecule has 3 nitrogen and oxygen atoms in total. The first-order chi connectivity index (χ1) is 12.1. The Bertz CT molecular complexity index is 869. The highest BCUT2D eigenvalue weighted by atomic mass is 16.5. The van der Waals surface area contributed by atoms with Gasteiger partial charge in [0.1, 0.15) is 12.4 Å². The van der Waals surface area contributed by atoms with Crippen molar-refractivity contribution in [1.29, 1.82) is 0 Å². The topological polar surface area (TPSA) is 38.3 Å². The second kappa shape index (κ2) is 7.67. The molecule has 3 aromatic carbocycles. The van der Waals surface area contributed by atoms with Gasteiger partial charge in [-0.15, -0.1) is 0 Å². The zero-order chi connectivity index (χ0) is 17.6. The maximum atomic E-state index is 12.5. The number of carbonyl (C=O) groups is 1. The van der Waals surface area contributed by atoms with Gasteiger partial charge in [-0.25, -0.2) is 0 Å². The van der Waals surface area contributed by atoms with Crippen LogP contribution in [0.3, 0.4) is 0 Å². The van der Waals surface area contributed by atoms with Gasteiger partial charge in [0.2, 0.25) is 0 Å². The maximum Gasteiger partial charge on any atom is 0.255 e. The lowest BCUT2D eigenvalue weighted by atomic mass is 10.1. The Kier molecular flexibility index (Phi) is 5.14. The SMILES string of the molecule is Cc1ccc(COc2cccc(C(=O)Nc3ccccc3C)c2)cc1. The lowest BCUT2D eigenvalue weighted by Gasteiger charge is -2.10. The van der Waals surface area contributed by atoms with Crippen LogP contribution in [0.5, 0.6) is 5.75 Å². The Balaban J connectivity index is 1.67. The highest BCUT2D eigenvalue weighted by Crippen LogP contribution is 2.18. The standard InChI is InChI=1S/C22H21NO2/c1-16-10-12-18(13-11-16)15-25-20-8-5-7-19(14-20)22(24)23-21-9-4-3-6-17(21)2/h3-14H,15H2,1-2H3,(H,23,24). The molecule has 0 aliphatic heterocycles. The van der Waals surface area contributed by atoms with E-state index in [1.54, 1.807) is 12.1 Å². The molecule has 126 valence electrons. The molecule has 0 aromatic heterocycles. The van der Waals surface area contributed by atoms with Crippen molar-refractivity contribution in [3.63, 3.8) is 0 Å². The van der Waals surface area contributed by atoms with Gasteiger partial charge < -0.3 is 10.1 Å². The van der Waals surface area contributed by atoms with Crippen LogP contribution in [0, 0.1) is 13.8 Å². The molecule has 0 fully saturated rings. The number of hydrogen-bond donors (Lipinski definition) is 1. The third kappa shape index (κ3) is 4.48. The van der Waals surface area contributed by atoms with E-state index in [9.17, 15) is 4.79 Å². The molecule has 0 spiro atoms. The monoisotopic (exact) mass is 331 g/mol. The maximum absolute atomic E-state index is 12.5. The number of benzene rings is 3. The van der Waals surface area contributed by atoms with E-state index in [0.717, 1.165) is 16.8 Å². The van der Waals surface area contributed by atoms with Crippen LogP contribution in [0.4, 0.5) is 5.69 Å². The zero-order valence-electron chi connectivity index (χ0n) is 14.5. The highest BCUT2D eigenvalue weighted by molar-refractivity contribution is 6.04. The van der Waals surface area contributed by atoms with Crippen LogP contribution in [0.15, 0.2) is 72.8 Å². The Labute approximate surface area is 148 Å². The molecule has 0 radical (unpaired) electrons. The fraction of sp³-hybridized carbons (Fsp3) is 0.136. The average molecular weight is 331 g/mol. The molecule has 0 heterocycles. The molecular weight excluding hydrogens is 310 g/mol. The van der Waals surface area contributed by atoms with Gasteiger partial charge in [-0.3, -0.25) is 4.79 Å². The van der Waals surface area contributed by atoms with E-state index in [1.807, 2.05) is 55.5 Å². The second-order valence-electron chi connectivity index (χ2n) is 6.07. The van der Waals surface area contributed by atoms with Gasteiger partial charge in [-0.1, -0.05) is 54.1 Å². The molecule has 0 saturated carbocycles. The summed E-state index contributed by atoms with van der Waals surface area (Å²) in [5.74, 6) is 0.535. The van der Waals surface area contributed by atoms with E-state index in [-0.39, 0.29) is 5.91 Å². The fourth-order valence-electron chi connectivity index (χ4n) is 2.49. The van der Waals surface area contributed by atoms with Crippen molar-refractivity contribution in [2.45, 2.75) is 20.5 Å². The molecule has 0 aliphatic rings.